The number of rotatable bonds is 9. The van der Waals surface area contributed by atoms with Crippen molar-refractivity contribution in [3.63, 3.8) is 0 Å². The van der Waals surface area contributed by atoms with Crippen LogP contribution in [-0.2, 0) is 29.3 Å². The third kappa shape index (κ3) is 5.29. The van der Waals surface area contributed by atoms with Gasteiger partial charge in [0.15, 0.2) is 4.77 Å². The molecule has 0 N–H and O–H groups in total. The molecule has 0 amide bonds. The van der Waals surface area contributed by atoms with E-state index < -0.39 is 0 Å². The number of ether oxygens (including phenoxy) is 1. The second-order valence-corrected chi connectivity index (χ2v) is 8.48. The fraction of sp³-hybridized carbons (Fsp3) is 0.375. The summed E-state index contributed by atoms with van der Waals surface area (Å²) in [6.45, 7) is 4.02. The summed E-state index contributed by atoms with van der Waals surface area (Å²) in [4.78, 5) is 14.1. The quantitative estimate of drug-likeness (QED) is 0.370. The van der Waals surface area contributed by atoms with E-state index in [4.69, 9.17) is 22.1 Å². The van der Waals surface area contributed by atoms with Crippen LogP contribution < -0.4 is 0 Å². The Balaban J connectivity index is 1.61. The van der Waals surface area contributed by atoms with Crippen LogP contribution in [0.2, 0.25) is 0 Å². The predicted octanol–water partition coefficient (Wildman–Crippen LogP) is 4.28. The summed E-state index contributed by atoms with van der Waals surface area (Å²) in [5.41, 5.74) is 3.56. The average Bonchev–Trinajstić information content (AvgIpc) is 3.58. The maximum absolute atomic E-state index is 12.1. The summed E-state index contributed by atoms with van der Waals surface area (Å²) in [5.74, 6) is 1.24. The van der Waals surface area contributed by atoms with Gasteiger partial charge in [0.1, 0.15) is 5.82 Å². The molecule has 4 rings (SSSR count). The van der Waals surface area contributed by atoms with E-state index in [9.17, 15) is 4.79 Å². The molecular weight excluding hydrogens is 408 g/mol. The topological polar surface area (TPSA) is 52.3 Å². The van der Waals surface area contributed by atoms with Crippen molar-refractivity contribution in [2.75, 3.05) is 13.7 Å². The molecule has 7 heteroatoms. The lowest BCUT2D eigenvalue weighted by Gasteiger charge is -2.21. The number of aromatic nitrogens is 3. The van der Waals surface area contributed by atoms with Gasteiger partial charge < -0.3 is 4.74 Å². The normalized spacial score (nSPS) is 13.5. The summed E-state index contributed by atoms with van der Waals surface area (Å²) in [6.07, 6.45) is 2.30. The maximum atomic E-state index is 12.1. The zero-order valence-corrected chi connectivity index (χ0v) is 18.8. The molecule has 0 radical (unpaired) electrons. The molecule has 2 aromatic carbocycles. The van der Waals surface area contributed by atoms with Crippen LogP contribution in [0.25, 0.3) is 0 Å². The molecular formula is C24H28N4O2S. The van der Waals surface area contributed by atoms with Crippen LogP contribution in [0.15, 0.2) is 54.6 Å². The van der Waals surface area contributed by atoms with Crippen LogP contribution in [0.1, 0.15) is 41.3 Å². The van der Waals surface area contributed by atoms with Gasteiger partial charge in [-0.1, -0.05) is 54.6 Å². The highest BCUT2D eigenvalue weighted by molar-refractivity contribution is 7.71. The van der Waals surface area contributed by atoms with Crippen LogP contribution >= 0.6 is 12.2 Å². The van der Waals surface area contributed by atoms with Crippen LogP contribution in [0.3, 0.4) is 0 Å². The van der Waals surface area contributed by atoms with Crippen LogP contribution in [0, 0.1) is 11.7 Å². The Labute approximate surface area is 188 Å². The first-order valence-corrected chi connectivity index (χ1v) is 11.0. The van der Waals surface area contributed by atoms with Gasteiger partial charge in [-0.05, 0) is 48.7 Å². The number of carbonyl (C=O) groups excluding carboxylic acids is 1. The van der Waals surface area contributed by atoms with Crippen molar-refractivity contribution in [1.82, 2.24) is 19.2 Å². The molecule has 3 aromatic rings. The van der Waals surface area contributed by atoms with Gasteiger partial charge in [-0.2, -0.15) is 5.10 Å². The second kappa shape index (κ2) is 9.58. The summed E-state index contributed by atoms with van der Waals surface area (Å²) in [5, 5.41) is 4.89. The number of esters is 1. The molecule has 31 heavy (non-hydrogen) atoms. The lowest BCUT2D eigenvalue weighted by molar-refractivity contribution is -0.142. The van der Waals surface area contributed by atoms with E-state index in [2.05, 4.69) is 35.8 Å². The Hall–Kier alpha value is -2.77. The maximum Gasteiger partial charge on any atom is 0.319 e. The number of nitrogens with zero attached hydrogens (tertiary/aromatic N) is 4. The molecule has 6 nitrogen and oxygen atoms in total. The van der Waals surface area contributed by atoms with Crippen LogP contribution in [0.4, 0.5) is 0 Å². The summed E-state index contributed by atoms with van der Waals surface area (Å²) in [7, 11) is 1.42. The van der Waals surface area contributed by atoms with Gasteiger partial charge in [-0.15, -0.1) is 0 Å². The van der Waals surface area contributed by atoms with E-state index in [1.807, 2.05) is 39.9 Å². The fourth-order valence-electron chi connectivity index (χ4n) is 3.73. The minimum absolute atomic E-state index is 0.177. The molecule has 1 aliphatic rings. The summed E-state index contributed by atoms with van der Waals surface area (Å²) >= 11 is 5.83. The first-order valence-electron chi connectivity index (χ1n) is 10.6. The van der Waals surface area contributed by atoms with E-state index in [1.165, 1.54) is 23.8 Å². The molecule has 1 aromatic heterocycles. The summed E-state index contributed by atoms with van der Waals surface area (Å²) < 4.78 is 9.62. The molecule has 162 valence electrons. The first kappa shape index (κ1) is 21.5. The third-order valence-corrected chi connectivity index (χ3v) is 6.08. The predicted molar refractivity (Wildman–Crippen MR) is 122 cm³/mol. The lowest BCUT2D eigenvalue weighted by atomic mass is 10.1. The van der Waals surface area contributed by atoms with Crippen molar-refractivity contribution in [2.24, 2.45) is 0 Å². The van der Waals surface area contributed by atoms with Crippen molar-refractivity contribution in [3.8, 4) is 0 Å². The molecule has 1 saturated carbocycles. The number of benzene rings is 2. The molecule has 1 aliphatic carbocycles. The Kier molecular flexibility index (Phi) is 6.63. The van der Waals surface area contributed by atoms with E-state index in [0.717, 1.165) is 18.7 Å². The number of hydrogen-bond donors (Lipinski definition) is 0. The fourth-order valence-corrected chi connectivity index (χ4v) is 3.99. The van der Waals surface area contributed by atoms with Crippen molar-refractivity contribution in [3.05, 3.63) is 81.9 Å². The van der Waals surface area contributed by atoms with Gasteiger partial charge in [0, 0.05) is 12.5 Å². The second-order valence-electron chi connectivity index (χ2n) is 8.12. The Morgan fingerprint density at radius 3 is 2.55 bits per heavy atom. The largest absolute Gasteiger partial charge is 0.468 e. The van der Waals surface area contributed by atoms with Crippen LogP contribution in [0.5, 0.6) is 0 Å². The van der Waals surface area contributed by atoms with Crippen molar-refractivity contribution in [2.45, 2.75) is 45.4 Å². The van der Waals surface area contributed by atoms with Gasteiger partial charge in [0.25, 0.3) is 0 Å². The minimum Gasteiger partial charge on any atom is -0.468 e. The molecule has 0 aliphatic heterocycles. The van der Waals surface area contributed by atoms with Crippen molar-refractivity contribution in [1.29, 1.82) is 0 Å². The number of hydrogen-bond acceptors (Lipinski definition) is 5. The van der Waals surface area contributed by atoms with E-state index >= 15 is 0 Å². The first-order chi connectivity index (χ1) is 15.0. The van der Waals surface area contributed by atoms with Gasteiger partial charge in [-0.3, -0.25) is 14.3 Å². The van der Waals surface area contributed by atoms with Gasteiger partial charge in [0.2, 0.25) is 0 Å². The van der Waals surface area contributed by atoms with Crippen molar-refractivity contribution < 1.29 is 9.53 Å². The van der Waals surface area contributed by atoms with Gasteiger partial charge in [-0.25, -0.2) is 4.68 Å². The van der Waals surface area contributed by atoms with Crippen LogP contribution in [-0.4, -0.2) is 38.9 Å². The molecule has 0 spiro atoms. The highest BCUT2D eigenvalue weighted by Gasteiger charge is 2.30. The zero-order valence-electron chi connectivity index (χ0n) is 18.0. The minimum atomic E-state index is -0.272. The molecule has 0 bridgehead atoms. The van der Waals surface area contributed by atoms with Crippen molar-refractivity contribution >= 4 is 18.2 Å². The summed E-state index contributed by atoms with van der Waals surface area (Å²) in [6, 6.07) is 18.5. The third-order valence-electron chi connectivity index (χ3n) is 5.65. The number of carbonyl (C=O) groups is 1. The number of aryl methyl sites for hydroxylation is 1. The highest BCUT2D eigenvalue weighted by Crippen LogP contribution is 2.39. The Morgan fingerprint density at radius 2 is 1.87 bits per heavy atom. The number of methoxy groups -OCH3 is 1. The smallest absolute Gasteiger partial charge is 0.319 e. The van der Waals surface area contributed by atoms with Gasteiger partial charge in [0.05, 0.1) is 26.9 Å². The molecule has 1 heterocycles. The Morgan fingerprint density at radius 1 is 1.16 bits per heavy atom. The monoisotopic (exact) mass is 436 g/mol. The molecule has 0 saturated heterocycles. The zero-order chi connectivity index (χ0) is 21.8. The van der Waals surface area contributed by atoms with E-state index in [1.54, 1.807) is 0 Å². The lowest BCUT2D eigenvalue weighted by Crippen LogP contribution is -2.33. The Bertz CT molecular complexity index is 1100. The van der Waals surface area contributed by atoms with Gasteiger partial charge >= 0.3 is 5.97 Å². The average molecular weight is 437 g/mol. The molecule has 0 atom stereocenters. The SMILES string of the molecule is COC(=O)CN(Cc1ccccc1C)Cn1nc(C2CC2)n(Cc2ccccc2)c1=S. The van der Waals surface area contributed by atoms with E-state index in [-0.39, 0.29) is 12.5 Å². The molecule has 0 unspecified atom stereocenters. The van der Waals surface area contributed by atoms with E-state index in [0.29, 0.717) is 30.4 Å². The molecule has 1 fully saturated rings. The highest BCUT2D eigenvalue weighted by atomic mass is 32.1. The standard InChI is InChI=1S/C24H28N4O2S/c1-18-8-6-7-11-21(18)15-26(16-22(29)30-2)17-28-24(31)27(23(25-28)20-12-13-20)14-19-9-4-3-5-10-19/h3-11,20H,12-17H2,1-2H3.